The van der Waals surface area contributed by atoms with E-state index in [9.17, 15) is 9.18 Å². The Morgan fingerprint density at radius 1 is 0.963 bits per heavy atom. The molecule has 0 aliphatic rings. The summed E-state index contributed by atoms with van der Waals surface area (Å²) >= 11 is 0. The Bertz CT molecular complexity index is 1040. The van der Waals surface area contributed by atoms with Crippen LogP contribution in [0.5, 0.6) is 0 Å². The second-order valence-electron chi connectivity index (χ2n) is 6.00. The van der Waals surface area contributed by atoms with Gasteiger partial charge in [0.2, 0.25) is 5.89 Å². The Hall–Kier alpha value is -3.67. The van der Waals surface area contributed by atoms with E-state index in [2.05, 4.69) is 15.6 Å². The van der Waals surface area contributed by atoms with Crippen molar-refractivity contribution in [2.45, 2.75) is 6.54 Å². The molecule has 0 bridgehead atoms. The number of hydrogen-bond donors (Lipinski definition) is 2. The number of carbonyl (C=O) groups excluding carboxylic acids is 1. The number of anilines is 1. The zero-order chi connectivity index (χ0) is 18.6. The van der Waals surface area contributed by atoms with E-state index >= 15 is 0 Å². The molecule has 3 aromatic carbocycles. The molecule has 5 nitrogen and oxygen atoms in total. The highest BCUT2D eigenvalue weighted by Gasteiger charge is 2.08. The van der Waals surface area contributed by atoms with Crippen LogP contribution < -0.4 is 10.6 Å². The number of hydrogen-bond acceptors (Lipinski definition) is 3. The molecule has 1 aromatic heterocycles. The van der Waals surface area contributed by atoms with Crippen LogP contribution >= 0.6 is 0 Å². The summed E-state index contributed by atoms with van der Waals surface area (Å²) in [5.74, 6) is 0.228. The molecule has 0 radical (unpaired) electrons. The van der Waals surface area contributed by atoms with Crippen molar-refractivity contribution >= 4 is 22.8 Å². The summed E-state index contributed by atoms with van der Waals surface area (Å²) < 4.78 is 18.6. The van der Waals surface area contributed by atoms with Crippen molar-refractivity contribution in [3.63, 3.8) is 0 Å². The minimum absolute atomic E-state index is 0.303. The van der Waals surface area contributed by atoms with E-state index in [1.165, 1.54) is 12.1 Å². The minimum Gasteiger partial charge on any atom is -0.436 e. The van der Waals surface area contributed by atoms with E-state index in [1.54, 1.807) is 24.3 Å². The van der Waals surface area contributed by atoms with Gasteiger partial charge in [-0.15, -0.1) is 0 Å². The van der Waals surface area contributed by atoms with Crippen LogP contribution in [-0.2, 0) is 6.54 Å². The van der Waals surface area contributed by atoms with Gasteiger partial charge in [-0.05, 0) is 54.1 Å². The van der Waals surface area contributed by atoms with Gasteiger partial charge in [-0.3, -0.25) is 0 Å². The van der Waals surface area contributed by atoms with Crippen LogP contribution in [0.25, 0.3) is 22.6 Å². The number of nitrogens with zero attached hydrogens (tertiary/aromatic N) is 1. The molecule has 0 saturated carbocycles. The fourth-order valence-electron chi connectivity index (χ4n) is 2.65. The lowest BCUT2D eigenvalue weighted by Gasteiger charge is -2.08. The molecular formula is C21H16FN3O2. The fourth-order valence-corrected chi connectivity index (χ4v) is 2.65. The fraction of sp³-hybridized carbons (Fsp3) is 0.0476. The SMILES string of the molecule is O=C(NCc1ccc(F)cc1)Nc1ccc(-c2nc3ccccc3o2)cc1. The molecule has 0 fully saturated rings. The molecule has 4 rings (SSSR count). The zero-order valence-electron chi connectivity index (χ0n) is 14.3. The number of para-hydroxylation sites is 2. The smallest absolute Gasteiger partial charge is 0.319 e. The first-order valence-electron chi connectivity index (χ1n) is 8.43. The highest BCUT2D eigenvalue weighted by molar-refractivity contribution is 5.89. The van der Waals surface area contributed by atoms with Crippen molar-refractivity contribution in [1.82, 2.24) is 10.3 Å². The van der Waals surface area contributed by atoms with Crippen molar-refractivity contribution < 1.29 is 13.6 Å². The molecule has 2 N–H and O–H groups in total. The molecule has 1 heterocycles. The predicted molar refractivity (Wildman–Crippen MR) is 102 cm³/mol. The first-order valence-corrected chi connectivity index (χ1v) is 8.43. The quantitative estimate of drug-likeness (QED) is 0.540. The molecule has 2 amide bonds. The lowest BCUT2D eigenvalue weighted by Crippen LogP contribution is -2.28. The summed E-state index contributed by atoms with van der Waals surface area (Å²) in [6.07, 6.45) is 0. The monoisotopic (exact) mass is 361 g/mol. The predicted octanol–water partition coefficient (Wildman–Crippen LogP) is 4.96. The van der Waals surface area contributed by atoms with E-state index in [-0.39, 0.29) is 11.8 Å². The van der Waals surface area contributed by atoms with Gasteiger partial charge < -0.3 is 15.1 Å². The first-order chi connectivity index (χ1) is 13.2. The van der Waals surface area contributed by atoms with Crippen LogP contribution in [0.4, 0.5) is 14.9 Å². The van der Waals surface area contributed by atoms with Gasteiger partial charge in [-0.2, -0.15) is 0 Å². The van der Waals surface area contributed by atoms with Gasteiger partial charge in [-0.1, -0.05) is 24.3 Å². The molecule has 0 spiro atoms. The molecule has 6 heteroatoms. The Morgan fingerprint density at radius 3 is 2.44 bits per heavy atom. The second kappa shape index (κ2) is 7.29. The van der Waals surface area contributed by atoms with Crippen molar-refractivity contribution in [3.8, 4) is 11.5 Å². The molecule has 134 valence electrons. The van der Waals surface area contributed by atoms with Gasteiger partial charge in [-0.25, -0.2) is 14.2 Å². The van der Waals surface area contributed by atoms with Crippen LogP contribution in [-0.4, -0.2) is 11.0 Å². The summed E-state index contributed by atoms with van der Waals surface area (Å²) in [7, 11) is 0. The second-order valence-corrected chi connectivity index (χ2v) is 6.00. The number of amides is 2. The maximum absolute atomic E-state index is 12.9. The number of carbonyl (C=O) groups is 1. The largest absolute Gasteiger partial charge is 0.436 e. The highest BCUT2D eigenvalue weighted by atomic mass is 19.1. The molecule has 0 saturated heterocycles. The average molecular weight is 361 g/mol. The van der Waals surface area contributed by atoms with Crippen molar-refractivity contribution in [1.29, 1.82) is 0 Å². The van der Waals surface area contributed by atoms with Crippen molar-refractivity contribution in [2.75, 3.05) is 5.32 Å². The van der Waals surface area contributed by atoms with Crippen LogP contribution in [0.2, 0.25) is 0 Å². The molecule has 27 heavy (non-hydrogen) atoms. The molecule has 0 aliphatic carbocycles. The number of rotatable bonds is 4. The lowest BCUT2D eigenvalue weighted by molar-refractivity contribution is 0.251. The number of urea groups is 1. The highest BCUT2D eigenvalue weighted by Crippen LogP contribution is 2.25. The molecule has 0 aliphatic heterocycles. The number of oxazole rings is 1. The summed E-state index contributed by atoms with van der Waals surface area (Å²) in [6, 6.07) is 20.4. The third-order valence-corrected chi connectivity index (χ3v) is 4.05. The number of halogens is 1. The van der Waals surface area contributed by atoms with Gasteiger partial charge in [0.25, 0.3) is 0 Å². The van der Waals surface area contributed by atoms with E-state index in [0.29, 0.717) is 18.1 Å². The van der Waals surface area contributed by atoms with Crippen LogP contribution in [0.15, 0.2) is 77.2 Å². The van der Waals surface area contributed by atoms with Gasteiger partial charge in [0.15, 0.2) is 5.58 Å². The minimum atomic E-state index is -0.339. The molecular weight excluding hydrogens is 345 g/mol. The first kappa shape index (κ1) is 16.8. The number of benzene rings is 3. The Kier molecular flexibility index (Phi) is 4.53. The van der Waals surface area contributed by atoms with Crippen LogP contribution in [0.3, 0.4) is 0 Å². The molecule has 4 aromatic rings. The lowest BCUT2D eigenvalue weighted by atomic mass is 10.2. The average Bonchev–Trinajstić information content (AvgIpc) is 3.12. The van der Waals surface area contributed by atoms with E-state index in [0.717, 1.165) is 22.2 Å². The maximum Gasteiger partial charge on any atom is 0.319 e. The third kappa shape index (κ3) is 3.95. The number of fused-ring (bicyclic) bond motifs is 1. The third-order valence-electron chi connectivity index (χ3n) is 4.05. The zero-order valence-corrected chi connectivity index (χ0v) is 14.3. The molecule has 0 atom stereocenters. The number of aromatic nitrogens is 1. The van der Waals surface area contributed by atoms with E-state index in [1.807, 2.05) is 36.4 Å². The topological polar surface area (TPSA) is 67.2 Å². The van der Waals surface area contributed by atoms with Gasteiger partial charge in [0.1, 0.15) is 11.3 Å². The van der Waals surface area contributed by atoms with Crippen LogP contribution in [0, 0.1) is 5.82 Å². The van der Waals surface area contributed by atoms with Crippen molar-refractivity contribution in [3.05, 3.63) is 84.2 Å². The van der Waals surface area contributed by atoms with E-state index in [4.69, 9.17) is 4.42 Å². The van der Waals surface area contributed by atoms with Crippen molar-refractivity contribution in [2.24, 2.45) is 0 Å². The van der Waals surface area contributed by atoms with E-state index < -0.39 is 0 Å². The van der Waals surface area contributed by atoms with Gasteiger partial charge in [0, 0.05) is 17.8 Å². The molecule has 0 unspecified atom stereocenters. The standard InChI is InChI=1S/C21H16FN3O2/c22-16-9-5-14(6-10-16)13-23-21(26)24-17-11-7-15(8-12-17)20-25-18-3-1-2-4-19(18)27-20/h1-12H,13H2,(H2,23,24,26). The van der Waals surface area contributed by atoms with Gasteiger partial charge in [0.05, 0.1) is 0 Å². The summed E-state index contributed by atoms with van der Waals surface area (Å²) in [5.41, 5.74) is 3.82. The Morgan fingerprint density at radius 2 is 1.70 bits per heavy atom. The summed E-state index contributed by atoms with van der Waals surface area (Å²) in [4.78, 5) is 16.4. The van der Waals surface area contributed by atoms with Gasteiger partial charge >= 0.3 is 6.03 Å². The maximum atomic E-state index is 12.9. The number of nitrogens with one attached hydrogen (secondary N) is 2. The summed E-state index contributed by atoms with van der Waals surface area (Å²) in [6.45, 7) is 0.313. The Balaban J connectivity index is 1.38. The van der Waals surface area contributed by atoms with Crippen LogP contribution in [0.1, 0.15) is 5.56 Å². The normalized spacial score (nSPS) is 10.7. The summed E-state index contributed by atoms with van der Waals surface area (Å²) in [5, 5.41) is 5.48. The Labute approximate surface area is 154 Å².